The zero-order valence-electron chi connectivity index (χ0n) is 18.1. The van der Waals surface area contributed by atoms with E-state index < -0.39 is 0 Å². The van der Waals surface area contributed by atoms with Crippen LogP contribution in [0.5, 0.6) is 5.75 Å². The normalized spacial score (nSPS) is 13.2. The summed E-state index contributed by atoms with van der Waals surface area (Å²) in [7, 11) is 1.58. The number of aromatic nitrogens is 2. The fraction of sp³-hybridized carbons (Fsp3) is 0.200. The molecule has 5 rings (SSSR count). The maximum absolute atomic E-state index is 13.2. The summed E-state index contributed by atoms with van der Waals surface area (Å²) < 4.78 is 6.82. The standard InChI is InChI=1S/C25H22N4O3S/c1-32-20-8-4-2-6-17(20)14-27-28-23(30)16-10-12-18(13-11-16)29-15-26-24-22(25(29)31)19-7-3-5-9-21(19)33-24/h2,4,6,8,10-15H,3,5,7,9H2,1H3,(H,28,30)/b27-14-. The van der Waals surface area contributed by atoms with E-state index in [2.05, 4.69) is 15.5 Å². The second kappa shape index (κ2) is 8.99. The second-order valence-electron chi connectivity index (χ2n) is 7.80. The van der Waals surface area contributed by atoms with Gasteiger partial charge < -0.3 is 4.74 Å². The summed E-state index contributed by atoms with van der Waals surface area (Å²) in [5, 5.41) is 4.76. The van der Waals surface area contributed by atoms with Crippen LogP contribution in [0.1, 0.15) is 39.2 Å². The molecule has 0 aliphatic heterocycles. The van der Waals surface area contributed by atoms with Gasteiger partial charge >= 0.3 is 0 Å². The quantitative estimate of drug-likeness (QED) is 0.360. The zero-order chi connectivity index (χ0) is 22.8. The van der Waals surface area contributed by atoms with Crippen LogP contribution in [0.4, 0.5) is 0 Å². The third kappa shape index (κ3) is 4.05. The number of amides is 1. The van der Waals surface area contributed by atoms with E-state index in [0.29, 0.717) is 17.0 Å². The van der Waals surface area contributed by atoms with E-state index in [0.717, 1.165) is 40.6 Å². The molecule has 0 saturated heterocycles. The lowest BCUT2D eigenvalue weighted by atomic mass is 9.97. The number of carbonyl (C=O) groups excluding carboxylic acids is 1. The van der Waals surface area contributed by atoms with Crippen molar-refractivity contribution in [2.75, 3.05) is 7.11 Å². The molecule has 0 fully saturated rings. The third-order valence-electron chi connectivity index (χ3n) is 5.79. The van der Waals surface area contributed by atoms with E-state index in [9.17, 15) is 9.59 Å². The molecule has 2 aromatic heterocycles. The summed E-state index contributed by atoms with van der Waals surface area (Å²) in [6, 6.07) is 14.2. The van der Waals surface area contributed by atoms with Gasteiger partial charge in [-0.15, -0.1) is 11.3 Å². The van der Waals surface area contributed by atoms with Crippen LogP contribution < -0.4 is 15.7 Å². The van der Waals surface area contributed by atoms with E-state index >= 15 is 0 Å². The van der Waals surface area contributed by atoms with Crippen LogP contribution in [-0.2, 0) is 12.8 Å². The van der Waals surface area contributed by atoms with Crippen molar-refractivity contribution in [3.8, 4) is 11.4 Å². The molecular weight excluding hydrogens is 436 g/mol. The van der Waals surface area contributed by atoms with Gasteiger partial charge in [-0.3, -0.25) is 14.2 Å². The summed E-state index contributed by atoms with van der Waals surface area (Å²) in [6.45, 7) is 0. The molecule has 166 valence electrons. The molecular formula is C25H22N4O3S. The molecule has 2 aromatic carbocycles. The molecule has 0 saturated carbocycles. The lowest BCUT2D eigenvalue weighted by molar-refractivity contribution is 0.0955. The fourth-order valence-electron chi connectivity index (χ4n) is 4.10. The Hall–Kier alpha value is -3.78. The minimum Gasteiger partial charge on any atom is -0.496 e. The molecule has 2 heterocycles. The van der Waals surface area contributed by atoms with Crippen LogP contribution in [0.2, 0.25) is 0 Å². The number of hydrazone groups is 1. The minimum atomic E-state index is -0.347. The Morgan fingerprint density at radius 2 is 1.94 bits per heavy atom. The molecule has 7 nitrogen and oxygen atoms in total. The van der Waals surface area contributed by atoms with Crippen molar-refractivity contribution in [1.29, 1.82) is 0 Å². The summed E-state index contributed by atoms with van der Waals surface area (Å²) >= 11 is 1.63. The second-order valence-corrected chi connectivity index (χ2v) is 8.88. The van der Waals surface area contributed by atoms with Crippen molar-refractivity contribution in [3.05, 3.63) is 86.8 Å². The first-order chi connectivity index (χ1) is 16.2. The number of carbonyl (C=O) groups is 1. The summed E-state index contributed by atoms with van der Waals surface area (Å²) in [5.74, 6) is 0.322. The number of thiophene rings is 1. The van der Waals surface area contributed by atoms with Gasteiger partial charge in [-0.05, 0) is 67.6 Å². The molecule has 1 amide bonds. The third-order valence-corrected chi connectivity index (χ3v) is 6.99. The molecule has 0 bridgehead atoms. The maximum Gasteiger partial charge on any atom is 0.271 e. The van der Waals surface area contributed by atoms with E-state index in [4.69, 9.17) is 4.74 Å². The van der Waals surface area contributed by atoms with Crippen LogP contribution >= 0.6 is 11.3 Å². The zero-order valence-corrected chi connectivity index (χ0v) is 18.9. The molecule has 8 heteroatoms. The molecule has 4 aromatic rings. The van der Waals surface area contributed by atoms with Crippen molar-refractivity contribution in [2.45, 2.75) is 25.7 Å². The molecule has 1 aliphatic carbocycles. The van der Waals surface area contributed by atoms with Gasteiger partial charge in [0.15, 0.2) is 0 Å². The number of para-hydroxylation sites is 1. The Morgan fingerprint density at radius 3 is 2.76 bits per heavy atom. The monoisotopic (exact) mass is 458 g/mol. The predicted octanol–water partition coefficient (Wildman–Crippen LogP) is 4.10. The number of benzene rings is 2. The lowest BCUT2D eigenvalue weighted by Gasteiger charge is -2.10. The topological polar surface area (TPSA) is 85.6 Å². The number of hydrogen-bond donors (Lipinski definition) is 1. The number of ether oxygens (including phenoxy) is 1. The molecule has 0 unspecified atom stereocenters. The Balaban J connectivity index is 1.36. The van der Waals surface area contributed by atoms with Gasteiger partial charge in [-0.2, -0.15) is 5.10 Å². The first-order valence-corrected chi connectivity index (χ1v) is 11.6. The molecule has 33 heavy (non-hydrogen) atoms. The number of methoxy groups -OCH3 is 1. The highest BCUT2D eigenvalue weighted by Crippen LogP contribution is 2.33. The molecule has 0 radical (unpaired) electrons. The van der Waals surface area contributed by atoms with Crippen molar-refractivity contribution < 1.29 is 9.53 Å². The molecule has 0 spiro atoms. The van der Waals surface area contributed by atoms with Gasteiger partial charge in [0, 0.05) is 16.0 Å². The minimum absolute atomic E-state index is 0.0574. The Kier molecular flexibility index (Phi) is 5.75. The van der Waals surface area contributed by atoms with E-state index in [-0.39, 0.29) is 11.5 Å². The largest absolute Gasteiger partial charge is 0.496 e. The maximum atomic E-state index is 13.2. The van der Waals surface area contributed by atoms with Gasteiger partial charge in [-0.1, -0.05) is 12.1 Å². The summed E-state index contributed by atoms with van der Waals surface area (Å²) in [4.78, 5) is 32.3. The van der Waals surface area contributed by atoms with E-state index in [1.807, 2.05) is 24.3 Å². The van der Waals surface area contributed by atoms with Crippen LogP contribution in [0.25, 0.3) is 15.9 Å². The van der Waals surface area contributed by atoms with Crippen LogP contribution in [0.3, 0.4) is 0 Å². The van der Waals surface area contributed by atoms with Gasteiger partial charge in [0.2, 0.25) is 0 Å². The number of nitrogens with one attached hydrogen (secondary N) is 1. The number of hydrogen-bond acceptors (Lipinski definition) is 6. The Morgan fingerprint density at radius 1 is 1.15 bits per heavy atom. The molecule has 1 aliphatic rings. The van der Waals surface area contributed by atoms with Gasteiger partial charge in [0.1, 0.15) is 16.9 Å². The fourth-order valence-corrected chi connectivity index (χ4v) is 5.32. The van der Waals surface area contributed by atoms with Gasteiger partial charge in [0.25, 0.3) is 11.5 Å². The van der Waals surface area contributed by atoms with Crippen LogP contribution in [-0.4, -0.2) is 28.8 Å². The first kappa shape index (κ1) is 21.1. The average molecular weight is 459 g/mol. The van der Waals surface area contributed by atoms with Crippen LogP contribution in [0.15, 0.2) is 64.8 Å². The van der Waals surface area contributed by atoms with E-state index in [1.165, 1.54) is 17.5 Å². The van der Waals surface area contributed by atoms with Gasteiger partial charge in [0.05, 0.1) is 24.4 Å². The Bertz CT molecular complexity index is 1420. The van der Waals surface area contributed by atoms with E-state index in [1.54, 1.807) is 53.6 Å². The Labute approximate surface area is 194 Å². The number of aryl methyl sites for hydroxylation is 2. The highest BCUT2D eigenvalue weighted by Gasteiger charge is 2.20. The molecule has 1 N–H and O–H groups in total. The van der Waals surface area contributed by atoms with Crippen molar-refractivity contribution in [1.82, 2.24) is 15.0 Å². The average Bonchev–Trinajstić information content (AvgIpc) is 3.24. The van der Waals surface area contributed by atoms with Crippen molar-refractivity contribution >= 4 is 33.7 Å². The number of nitrogens with zero attached hydrogens (tertiary/aromatic N) is 3. The first-order valence-electron chi connectivity index (χ1n) is 10.7. The van der Waals surface area contributed by atoms with Crippen molar-refractivity contribution in [3.63, 3.8) is 0 Å². The SMILES string of the molecule is COc1ccccc1/C=N\NC(=O)c1ccc(-n2cnc3sc4c(c3c2=O)CCCC4)cc1. The lowest BCUT2D eigenvalue weighted by Crippen LogP contribution is -2.20. The number of rotatable bonds is 5. The van der Waals surface area contributed by atoms with Crippen LogP contribution in [0, 0.1) is 0 Å². The van der Waals surface area contributed by atoms with Gasteiger partial charge in [-0.25, -0.2) is 10.4 Å². The smallest absolute Gasteiger partial charge is 0.271 e. The predicted molar refractivity (Wildman–Crippen MR) is 130 cm³/mol. The molecule has 0 atom stereocenters. The number of fused-ring (bicyclic) bond motifs is 3. The summed E-state index contributed by atoms with van der Waals surface area (Å²) in [5.41, 5.74) is 5.49. The summed E-state index contributed by atoms with van der Waals surface area (Å²) in [6.07, 6.45) is 7.34. The van der Waals surface area contributed by atoms with Crippen molar-refractivity contribution in [2.24, 2.45) is 5.10 Å². The highest BCUT2D eigenvalue weighted by molar-refractivity contribution is 7.18. The highest BCUT2D eigenvalue weighted by atomic mass is 32.1.